The molecule has 3 aromatic carbocycles. The van der Waals surface area contributed by atoms with Gasteiger partial charge in [0.1, 0.15) is 39.9 Å². The summed E-state index contributed by atoms with van der Waals surface area (Å²) in [5.41, 5.74) is 1.98. The molecule has 0 saturated carbocycles. The number of esters is 1. The number of methoxy groups -OCH3 is 2. The van der Waals surface area contributed by atoms with Gasteiger partial charge >= 0.3 is 5.97 Å². The average molecular weight is 487 g/mol. The quantitative estimate of drug-likeness (QED) is 0.119. The van der Waals surface area contributed by atoms with E-state index in [4.69, 9.17) is 23.4 Å². The van der Waals surface area contributed by atoms with Crippen molar-refractivity contribution in [1.29, 1.82) is 0 Å². The van der Waals surface area contributed by atoms with E-state index >= 15 is 0 Å². The molecule has 7 nitrogen and oxygen atoms in total. The zero-order chi connectivity index (χ0) is 25.7. The molecular weight excluding hydrogens is 460 g/mol. The van der Waals surface area contributed by atoms with Gasteiger partial charge in [0.05, 0.1) is 26.4 Å². The zero-order valence-electron chi connectivity index (χ0n) is 20.5. The minimum Gasteiger partial charge on any atom is -0.497 e. The van der Waals surface area contributed by atoms with Crippen molar-refractivity contribution in [2.45, 2.75) is 13.8 Å². The van der Waals surface area contributed by atoms with E-state index in [1.165, 1.54) is 20.3 Å². The third-order valence-electron chi connectivity index (χ3n) is 5.52. The fourth-order valence-corrected chi connectivity index (χ4v) is 3.82. The Kier molecular flexibility index (Phi) is 7.39. The molecule has 0 bridgehead atoms. The van der Waals surface area contributed by atoms with E-state index in [2.05, 4.69) is 0 Å². The second-order valence-electron chi connectivity index (χ2n) is 7.85. The Balaban J connectivity index is 1.54. The van der Waals surface area contributed by atoms with Crippen LogP contribution >= 0.6 is 0 Å². The number of carbonyl (C=O) groups is 2. The van der Waals surface area contributed by atoms with Gasteiger partial charge in [-0.05, 0) is 74.0 Å². The Bertz CT molecular complexity index is 1450. The highest BCUT2D eigenvalue weighted by atomic mass is 16.5. The van der Waals surface area contributed by atoms with Crippen LogP contribution in [0.1, 0.15) is 39.0 Å². The Morgan fingerprint density at radius 2 is 1.72 bits per heavy atom. The van der Waals surface area contributed by atoms with Gasteiger partial charge < -0.3 is 23.4 Å². The van der Waals surface area contributed by atoms with Crippen LogP contribution in [0.2, 0.25) is 0 Å². The highest BCUT2D eigenvalue weighted by Gasteiger charge is 2.21. The lowest BCUT2D eigenvalue weighted by molar-refractivity contribution is 0.0734. The largest absolute Gasteiger partial charge is 0.497 e. The number of hydrogen-bond donors (Lipinski definition) is 0. The van der Waals surface area contributed by atoms with E-state index in [0.717, 1.165) is 0 Å². The first-order valence-corrected chi connectivity index (χ1v) is 11.4. The molecule has 184 valence electrons. The van der Waals surface area contributed by atoms with Crippen molar-refractivity contribution in [2.75, 3.05) is 20.8 Å². The number of furan rings is 1. The number of fused-ring (bicyclic) bond motifs is 1. The van der Waals surface area contributed by atoms with Crippen molar-refractivity contribution in [2.24, 2.45) is 0 Å². The molecule has 0 N–H and O–H groups in total. The summed E-state index contributed by atoms with van der Waals surface area (Å²) in [5, 5.41) is 0.623. The van der Waals surface area contributed by atoms with Crippen LogP contribution in [-0.2, 0) is 0 Å². The average Bonchev–Trinajstić information content (AvgIpc) is 3.22. The fraction of sp³-hybridized carbons (Fsp3) is 0.172. The number of hydrogen-bond acceptors (Lipinski definition) is 7. The van der Waals surface area contributed by atoms with Crippen LogP contribution in [0.4, 0.5) is 0 Å². The number of allylic oxidation sites excluding steroid dienone is 1. The number of ketones is 1. The maximum atomic E-state index is 13.1. The molecule has 0 radical (unpaired) electrons. The van der Waals surface area contributed by atoms with E-state index in [-0.39, 0.29) is 5.78 Å². The monoisotopic (exact) mass is 486 g/mol. The minimum atomic E-state index is -0.543. The Hall–Kier alpha value is -4.52. The number of rotatable bonds is 9. The van der Waals surface area contributed by atoms with Gasteiger partial charge in [0.25, 0.3) is 0 Å². The molecule has 0 aliphatic carbocycles. The summed E-state index contributed by atoms with van der Waals surface area (Å²) in [6.45, 7) is 4.12. The number of ether oxygens (including phenoxy) is 4. The second-order valence-corrected chi connectivity index (χ2v) is 7.85. The van der Waals surface area contributed by atoms with Crippen LogP contribution in [0.3, 0.4) is 0 Å². The van der Waals surface area contributed by atoms with Gasteiger partial charge in [0.15, 0.2) is 5.78 Å². The Labute approximate surface area is 208 Å². The van der Waals surface area contributed by atoms with Gasteiger partial charge in [-0.25, -0.2) is 4.79 Å². The van der Waals surface area contributed by atoms with Crippen LogP contribution in [0.25, 0.3) is 17.0 Å². The van der Waals surface area contributed by atoms with E-state index in [0.29, 0.717) is 63.0 Å². The molecule has 1 heterocycles. The van der Waals surface area contributed by atoms with Crippen molar-refractivity contribution >= 4 is 28.8 Å². The van der Waals surface area contributed by atoms with Crippen LogP contribution in [0, 0.1) is 6.92 Å². The maximum Gasteiger partial charge on any atom is 0.347 e. The molecule has 4 aromatic rings. The first kappa shape index (κ1) is 24.6. The third-order valence-corrected chi connectivity index (χ3v) is 5.52. The number of benzene rings is 3. The SMILES string of the molecule is CCOc1ccc2oc(C)c(C(=O)Oc3cccc(C=CC(=O)c4cc(OC)ccc4OC)c3)c2c1. The highest BCUT2D eigenvalue weighted by molar-refractivity contribution is 6.09. The summed E-state index contributed by atoms with van der Waals surface area (Å²) in [6.07, 6.45) is 3.08. The van der Waals surface area contributed by atoms with Gasteiger partial charge in [0, 0.05) is 5.39 Å². The lowest BCUT2D eigenvalue weighted by Gasteiger charge is -2.08. The molecular formula is C29H26O7. The van der Waals surface area contributed by atoms with Gasteiger partial charge in [-0.2, -0.15) is 0 Å². The molecule has 0 amide bonds. The third kappa shape index (κ3) is 5.25. The molecule has 1 aromatic heterocycles. The topological polar surface area (TPSA) is 84.2 Å². The Morgan fingerprint density at radius 1 is 0.917 bits per heavy atom. The van der Waals surface area contributed by atoms with Crippen LogP contribution in [0.5, 0.6) is 23.0 Å². The molecule has 0 fully saturated rings. The predicted molar refractivity (Wildman–Crippen MR) is 136 cm³/mol. The standard InChI is InChI=1S/C29H26O7/c1-5-34-21-11-14-27-24(17-21)28(18(2)35-27)29(31)36-22-8-6-7-19(15-22)9-12-25(30)23-16-20(32-3)10-13-26(23)33-4/h6-17H,5H2,1-4H3. The lowest BCUT2D eigenvalue weighted by atomic mass is 10.1. The van der Waals surface area contributed by atoms with Crippen LogP contribution < -0.4 is 18.9 Å². The van der Waals surface area contributed by atoms with Crippen LogP contribution in [0.15, 0.2) is 71.2 Å². The molecule has 0 aliphatic rings. The van der Waals surface area contributed by atoms with Gasteiger partial charge in [0.2, 0.25) is 0 Å². The van der Waals surface area contributed by atoms with Crippen molar-refractivity contribution < 1.29 is 33.0 Å². The van der Waals surface area contributed by atoms with E-state index in [9.17, 15) is 9.59 Å². The fourth-order valence-electron chi connectivity index (χ4n) is 3.82. The summed E-state index contributed by atoms with van der Waals surface area (Å²) < 4.78 is 27.4. The van der Waals surface area contributed by atoms with Crippen molar-refractivity contribution in [3.63, 3.8) is 0 Å². The van der Waals surface area contributed by atoms with Gasteiger partial charge in [-0.15, -0.1) is 0 Å². The number of aryl methyl sites for hydroxylation is 1. The number of carbonyl (C=O) groups excluding carboxylic acids is 2. The molecule has 0 aliphatic heterocycles. The summed E-state index contributed by atoms with van der Waals surface area (Å²) in [5.74, 6) is 1.64. The second kappa shape index (κ2) is 10.8. The van der Waals surface area contributed by atoms with E-state index in [1.807, 2.05) is 6.92 Å². The molecule has 0 unspecified atom stereocenters. The van der Waals surface area contributed by atoms with Crippen molar-refractivity contribution in [3.8, 4) is 23.0 Å². The predicted octanol–water partition coefficient (Wildman–Crippen LogP) is 6.27. The zero-order valence-corrected chi connectivity index (χ0v) is 20.5. The molecule has 0 spiro atoms. The molecule has 0 atom stereocenters. The summed E-state index contributed by atoms with van der Waals surface area (Å²) in [7, 11) is 3.03. The maximum absolute atomic E-state index is 13.1. The van der Waals surface area contributed by atoms with E-state index < -0.39 is 5.97 Å². The highest BCUT2D eigenvalue weighted by Crippen LogP contribution is 2.30. The van der Waals surface area contributed by atoms with Gasteiger partial charge in [-0.1, -0.05) is 18.2 Å². The summed E-state index contributed by atoms with van der Waals surface area (Å²) in [6, 6.07) is 17.2. The lowest BCUT2D eigenvalue weighted by Crippen LogP contribution is -2.09. The van der Waals surface area contributed by atoms with Gasteiger partial charge in [-0.3, -0.25) is 4.79 Å². The van der Waals surface area contributed by atoms with Crippen LogP contribution in [-0.4, -0.2) is 32.6 Å². The normalized spacial score (nSPS) is 11.0. The molecule has 4 rings (SSSR count). The molecule has 0 saturated heterocycles. The first-order valence-electron chi connectivity index (χ1n) is 11.4. The summed E-state index contributed by atoms with van der Waals surface area (Å²) in [4.78, 5) is 25.8. The van der Waals surface area contributed by atoms with Crippen molar-refractivity contribution in [3.05, 3.63) is 89.2 Å². The molecule has 7 heteroatoms. The van der Waals surface area contributed by atoms with E-state index in [1.54, 1.807) is 73.7 Å². The van der Waals surface area contributed by atoms with Crippen molar-refractivity contribution in [1.82, 2.24) is 0 Å². The Morgan fingerprint density at radius 3 is 2.47 bits per heavy atom. The smallest absolute Gasteiger partial charge is 0.347 e. The summed E-state index contributed by atoms with van der Waals surface area (Å²) >= 11 is 0. The minimum absolute atomic E-state index is 0.251. The molecule has 36 heavy (non-hydrogen) atoms. The first-order chi connectivity index (χ1) is 17.4.